The van der Waals surface area contributed by atoms with Crippen molar-refractivity contribution >= 4 is 29.6 Å². The predicted molar refractivity (Wildman–Crippen MR) is 25.9 cm³/mol. The van der Waals surface area contributed by atoms with Crippen LogP contribution in [0.1, 0.15) is 0 Å². The first-order valence-corrected chi connectivity index (χ1v) is 1.71. The van der Waals surface area contributed by atoms with Crippen molar-refractivity contribution in [2.24, 2.45) is 0 Å². The maximum Gasteiger partial charge on any atom is 0.100 e. The van der Waals surface area contributed by atoms with E-state index in [-0.39, 0.29) is 59.8 Å². The van der Waals surface area contributed by atoms with Crippen LogP contribution in [0.25, 0.3) is 0 Å². The van der Waals surface area contributed by atoms with Gasteiger partial charge in [0, 0.05) is 46.6 Å². The van der Waals surface area contributed by atoms with Crippen molar-refractivity contribution in [1.82, 2.24) is 0 Å². The van der Waals surface area contributed by atoms with Crippen LogP contribution in [0.2, 0.25) is 0 Å². The van der Waals surface area contributed by atoms with E-state index >= 15 is 0 Å². The SMILES string of the molecule is OCC(O)CO.[Cu].[Na]. The molecule has 0 aliphatic rings. The Balaban J connectivity index is -0.000000125. The Bertz CT molecular complexity index is 33.7. The Labute approximate surface area is 80.9 Å². The summed E-state index contributed by atoms with van der Waals surface area (Å²) in [5.74, 6) is 0. The average Bonchev–Trinajstić information content (AvgIpc) is 1.65. The second-order valence-electron chi connectivity index (χ2n) is 1.02. The van der Waals surface area contributed by atoms with E-state index in [9.17, 15) is 0 Å². The summed E-state index contributed by atoms with van der Waals surface area (Å²) >= 11 is 0. The Morgan fingerprint density at radius 3 is 1.38 bits per heavy atom. The molecule has 2 radical (unpaired) electrons. The molecule has 0 bridgehead atoms. The van der Waals surface area contributed by atoms with E-state index in [1.165, 1.54) is 0 Å². The Morgan fingerprint density at radius 1 is 1.12 bits per heavy atom. The van der Waals surface area contributed by atoms with E-state index < -0.39 is 6.10 Å². The first-order chi connectivity index (χ1) is 2.81. The maximum atomic E-state index is 8.17. The molecule has 0 aromatic rings. The van der Waals surface area contributed by atoms with Crippen LogP contribution in [-0.2, 0) is 17.1 Å². The Kier molecular flexibility index (Phi) is 22.7. The zero-order valence-corrected chi connectivity index (χ0v) is 7.58. The number of aliphatic hydroxyl groups is 3. The van der Waals surface area contributed by atoms with Gasteiger partial charge in [-0.3, -0.25) is 0 Å². The van der Waals surface area contributed by atoms with Crippen LogP contribution in [0.15, 0.2) is 0 Å². The van der Waals surface area contributed by atoms with Gasteiger partial charge in [0.15, 0.2) is 0 Å². The third-order valence-corrected chi connectivity index (χ3v) is 0.421. The first-order valence-electron chi connectivity index (χ1n) is 1.71. The standard InChI is InChI=1S/C3H8O3.Cu.Na/c4-1-3(6)2-5;;/h3-6H,1-2H2;;. The molecule has 0 aromatic carbocycles. The van der Waals surface area contributed by atoms with Crippen molar-refractivity contribution in [1.29, 1.82) is 0 Å². The third-order valence-electron chi connectivity index (χ3n) is 0.421. The third kappa shape index (κ3) is 10.4. The summed E-state index contributed by atoms with van der Waals surface area (Å²) in [6.07, 6.45) is -0.954. The molecule has 3 N–H and O–H groups in total. The second-order valence-corrected chi connectivity index (χ2v) is 1.02. The molecule has 0 spiro atoms. The van der Waals surface area contributed by atoms with Gasteiger partial charge in [-0.1, -0.05) is 0 Å². The smallest absolute Gasteiger partial charge is 0.100 e. The summed E-state index contributed by atoms with van der Waals surface area (Å²) < 4.78 is 0. The topological polar surface area (TPSA) is 60.7 Å². The summed E-state index contributed by atoms with van der Waals surface area (Å²) in [6, 6.07) is 0. The summed E-state index contributed by atoms with van der Waals surface area (Å²) in [6.45, 7) is -0.729. The van der Waals surface area contributed by atoms with Gasteiger partial charge < -0.3 is 15.3 Å². The minimum atomic E-state index is -0.954. The summed E-state index contributed by atoms with van der Waals surface area (Å²) in [4.78, 5) is 0. The molecule has 0 fully saturated rings. The van der Waals surface area contributed by atoms with Gasteiger partial charge in [-0.05, 0) is 0 Å². The van der Waals surface area contributed by atoms with E-state index in [0.717, 1.165) is 0 Å². The van der Waals surface area contributed by atoms with Gasteiger partial charge in [0.25, 0.3) is 0 Å². The first kappa shape index (κ1) is 16.2. The molecular weight excluding hydrogens is 171 g/mol. The minimum Gasteiger partial charge on any atom is -0.394 e. The van der Waals surface area contributed by atoms with Gasteiger partial charge in [0.2, 0.25) is 0 Å². The summed E-state index contributed by atoms with van der Waals surface area (Å²) in [5, 5.41) is 24.0. The van der Waals surface area contributed by atoms with Crippen molar-refractivity contribution in [2.75, 3.05) is 13.2 Å². The molecule has 0 aromatic heterocycles. The second kappa shape index (κ2) is 11.2. The normalized spacial score (nSPS) is 7.50. The molecule has 0 aliphatic heterocycles. The van der Waals surface area contributed by atoms with Crippen LogP contribution in [-0.4, -0.2) is 64.2 Å². The van der Waals surface area contributed by atoms with E-state index in [1.807, 2.05) is 0 Å². The van der Waals surface area contributed by atoms with Crippen LogP contribution >= 0.6 is 0 Å². The van der Waals surface area contributed by atoms with Crippen molar-refractivity contribution in [2.45, 2.75) is 6.10 Å². The van der Waals surface area contributed by atoms with E-state index in [2.05, 4.69) is 0 Å². The Hall–Kier alpha value is 1.40. The van der Waals surface area contributed by atoms with E-state index in [1.54, 1.807) is 0 Å². The average molecular weight is 179 g/mol. The maximum absolute atomic E-state index is 8.17. The molecule has 5 heteroatoms. The fourth-order valence-electron chi connectivity index (χ4n) is 0.0577. The van der Waals surface area contributed by atoms with Crippen LogP contribution in [0, 0.1) is 0 Å². The van der Waals surface area contributed by atoms with Gasteiger partial charge in [-0.15, -0.1) is 0 Å². The van der Waals surface area contributed by atoms with Crippen LogP contribution in [0.4, 0.5) is 0 Å². The molecule has 0 unspecified atom stereocenters. The molecule has 0 saturated heterocycles. The molecule has 50 valence electrons. The largest absolute Gasteiger partial charge is 0.394 e. The number of rotatable bonds is 2. The molecule has 0 heterocycles. The van der Waals surface area contributed by atoms with Crippen molar-refractivity contribution in [3.05, 3.63) is 0 Å². The molecular formula is C3H8CuNaO3. The molecule has 0 amide bonds. The summed E-state index contributed by atoms with van der Waals surface area (Å²) in [7, 11) is 0. The van der Waals surface area contributed by atoms with E-state index in [0.29, 0.717) is 0 Å². The fraction of sp³-hybridized carbons (Fsp3) is 1.00. The number of hydrogen-bond donors (Lipinski definition) is 3. The monoisotopic (exact) mass is 178 g/mol. The zero-order chi connectivity index (χ0) is 4.99. The molecule has 0 aliphatic carbocycles. The van der Waals surface area contributed by atoms with E-state index in [4.69, 9.17) is 15.3 Å². The predicted octanol–water partition coefficient (Wildman–Crippen LogP) is -2.05. The van der Waals surface area contributed by atoms with Crippen LogP contribution < -0.4 is 0 Å². The van der Waals surface area contributed by atoms with Crippen LogP contribution in [0.3, 0.4) is 0 Å². The van der Waals surface area contributed by atoms with Crippen molar-refractivity contribution in [3.8, 4) is 0 Å². The number of hydrogen-bond acceptors (Lipinski definition) is 3. The molecule has 3 nitrogen and oxygen atoms in total. The molecule has 0 saturated carbocycles. The zero-order valence-electron chi connectivity index (χ0n) is 4.63. The van der Waals surface area contributed by atoms with Crippen LogP contribution in [0.5, 0.6) is 0 Å². The van der Waals surface area contributed by atoms with Crippen molar-refractivity contribution < 1.29 is 32.4 Å². The van der Waals surface area contributed by atoms with Gasteiger partial charge in [0.1, 0.15) is 6.10 Å². The molecule has 0 atom stereocenters. The molecule has 0 rings (SSSR count). The number of aliphatic hydroxyl groups excluding tert-OH is 3. The summed E-state index contributed by atoms with van der Waals surface area (Å²) in [5.41, 5.74) is 0. The van der Waals surface area contributed by atoms with Gasteiger partial charge in [-0.2, -0.15) is 0 Å². The van der Waals surface area contributed by atoms with Crippen molar-refractivity contribution in [3.63, 3.8) is 0 Å². The quantitative estimate of drug-likeness (QED) is 0.427. The van der Waals surface area contributed by atoms with Gasteiger partial charge in [-0.25, -0.2) is 0 Å². The fourth-order valence-corrected chi connectivity index (χ4v) is 0.0577. The van der Waals surface area contributed by atoms with Gasteiger partial charge >= 0.3 is 0 Å². The minimum absolute atomic E-state index is 0. The molecule has 8 heavy (non-hydrogen) atoms. The Morgan fingerprint density at radius 2 is 1.38 bits per heavy atom. The van der Waals surface area contributed by atoms with Gasteiger partial charge in [0.05, 0.1) is 13.2 Å².